The minimum absolute atomic E-state index is 0.0618. The van der Waals surface area contributed by atoms with Gasteiger partial charge in [0.05, 0.1) is 4.88 Å². The maximum absolute atomic E-state index is 13.2. The summed E-state index contributed by atoms with van der Waals surface area (Å²) in [6, 6.07) is 13.5. The maximum Gasteiger partial charge on any atom is 0.270 e. The van der Waals surface area contributed by atoms with Gasteiger partial charge in [-0.15, -0.1) is 22.7 Å². The molecule has 8 heteroatoms. The largest absolute Gasteiger partial charge is 0.454 e. The zero-order valence-corrected chi connectivity index (χ0v) is 18.5. The molecule has 2 amide bonds. The first kappa shape index (κ1) is 20.0. The predicted octanol–water partition coefficient (Wildman–Crippen LogP) is 5.28. The normalized spacial score (nSPS) is 13.9. The summed E-state index contributed by atoms with van der Waals surface area (Å²) >= 11 is 2.85. The van der Waals surface area contributed by atoms with Crippen LogP contribution >= 0.6 is 22.7 Å². The second-order valence-corrected chi connectivity index (χ2v) is 9.22. The number of para-hydroxylation sites is 1. The fraction of sp³-hybridized carbons (Fsp3) is 0.261. The molecule has 6 nitrogen and oxygen atoms in total. The van der Waals surface area contributed by atoms with Crippen molar-refractivity contribution in [3.63, 3.8) is 0 Å². The number of aromatic nitrogens is 1. The standard InChI is InChI=1S/C23H21N3O3S2/c27-21-9-3-10-25(21)11-5-12-26(22(28)20-8-4-13-30-20)23-24-17(15-31-23)19-14-16-6-1-2-7-18(16)29-19/h1-2,4,6-8,13-15H,3,5,9-12H2. The van der Waals surface area contributed by atoms with Crippen molar-refractivity contribution in [2.75, 3.05) is 24.5 Å². The number of benzene rings is 1. The molecule has 31 heavy (non-hydrogen) atoms. The highest BCUT2D eigenvalue weighted by molar-refractivity contribution is 7.14. The Labute approximate surface area is 187 Å². The summed E-state index contributed by atoms with van der Waals surface area (Å²) in [5.41, 5.74) is 1.53. The van der Waals surface area contributed by atoms with E-state index in [-0.39, 0.29) is 11.8 Å². The van der Waals surface area contributed by atoms with Crippen molar-refractivity contribution < 1.29 is 14.0 Å². The lowest BCUT2D eigenvalue weighted by molar-refractivity contribution is -0.127. The third-order valence-corrected chi connectivity index (χ3v) is 7.08. The molecule has 1 fully saturated rings. The van der Waals surface area contributed by atoms with Crippen molar-refractivity contribution in [1.82, 2.24) is 9.88 Å². The number of likely N-dealkylation sites (tertiary alicyclic amines) is 1. The average molecular weight is 452 g/mol. The molecule has 0 radical (unpaired) electrons. The molecule has 158 valence electrons. The Morgan fingerprint density at radius 2 is 2.10 bits per heavy atom. The highest BCUT2D eigenvalue weighted by Gasteiger charge is 2.24. The monoisotopic (exact) mass is 451 g/mol. The van der Waals surface area contributed by atoms with Crippen LogP contribution in [-0.2, 0) is 4.79 Å². The molecule has 0 atom stereocenters. The number of nitrogens with zero attached hydrogens (tertiary/aromatic N) is 3. The second-order valence-electron chi connectivity index (χ2n) is 7.44. The highest BCUT2D eigenvalue weighted by atomic mass is 32.1. The SMILES string of the molecule is O=C1CCCN1CCCN(C(=O)c1cccs1)c1nc(-c2cc3ccccc3o2)cs1. The molecule has 0 bridgehead atoms. The van der Waals surface area contributed by atoms with Crippen molar-refractivity contribution in [3.05, 3.63) is 58.1 Å². The highest BCUT2D eigenvalue weighted by Crippen LogP contribution is 2.32. The third kappa shape index (κ3) is 4.13. The predicted molar refractivity (Wildman–Crippen MR) is 124 cm³/mol. The molecular formula is C23H21N3O3S2. The number of furan rings is 1. The molecule has 4 heterocycles. The molecule has 0 aliphatic carbocycles. The van der Waals surface area contributed by atoms with Crippen molar-refractivity contribution in [3.8, 4) is 11.5 Å². The Morgan fingerprint density at radius 3 is 2.87 bits per heavy atom. The lowest BCUT2D eigenvalue weighted by atomic mass is 10.2. The van der Waals surface area contributed by atoms with Gasteiger partial charge >= 0.3 is 0 Å². The topological polar surface area (TPSA) is 66.7 Å². The van der Waals surface area contributed by atoms with Crippen molar-refractivity contribution in [1.29, 1.82) is 0 Å². The van der Waals surface area contributed by atoms with E-state index in [2.05, 4.69) is 0 Å². The molecule has 0 saturated carbocycles. The fourth-order valence-corrected chi connectivity index (χ4v) is 5.30. The van der Waals surface area contributed by atoms with E-state index in [9.17, 15) is 9.59 Å². The van der Waals surface area contributed by atoms with Gasteiger partial charge in [-0.2, -0.15) is 0 Å². The Bertz CT molecular complexity index is 1180. The number of carbonyl (C=O) groups excluding carboxylic acids is 2. The smallest absolute Gasteiger partial charge is 0.270 e. The van der Waals surface area contributed by atoms with E-state index in [1.165, 1.54) is 22.7 Å². The van der Waals surface area contributed by atoms with Crippen LogP contribution in [-0.4, -0.2) is 41.3 Å². The van der Waals surface area contributed by atoms with Crippen LogP contribution in [0.15, 0.2) is 57.6 Å². The summed E-state index contributed by atoms with van der Waals surface area (Å²) in [7, 11) is 0. The van der Waals surface area contributed by atoms with Gasteiger partial charge in [0.1, 0.15) is 11.3 Å². The first-order valence-corrected chi connectivity index (χ1v) is 12.0. The van der Waals surface area contributed by atoms with Crippen LogP contribution < -0.4 is 4.90 Å². The molecule has 1 saturated heterocycles. The fourth-order valence-electron chi connectivity index (χ4n) is 3.79. The van der Waals surface area contributed by atoms with E-state index < -0.39 is 0 Å². The quantitative estimate of drug-likeness (QED) is 0.384. The van der Waals surface area contributed by atoms with Crippen molar-refractivity contribution >= 4 is 50.6 Å². The molecule has 5 rings (SSSR count). The summed E-state index contributed by atoms with van der Waals surface area (Å²) in [5.74, 6) is 0.834. The Balaban J connectivity index is 1.38. The number of anilines is 1. The Morgan fingerprint density at radius 1 is 1.19 bits per heavy atom. The lowest BCUT2D eigenvalue weighted by Gasteiger charge is -2.21. The van der Waals surface area contributed by atoms with E-state index in [1.807, 2.05) is 58.1 Å². The van der Waals surface area contributed by atoms with Crippen LogP contribution in [0.4, 0.5) is 5.13 Å². The number of fused-ring (bicyclic) bond motifs is 1. The number of rotatable bonds is 7. The van der Waals surface area contributed by atoms with Gasteiger partial charge in [0.15, 0.2) is 10.9 Å². The van der Waals surface area contributed by atoms with E-state index in [0.29, 0.717) is 41.7 Å². The molecule has 1 aliphatic rings. The van der Waals surface area contributed by atoms with Gasteiger partial charge in [-0.1, -0.05) is 24.3 Å². The molecule has 0 unspecified atom stereocenters. The van der Waals surface area contributed by atoms with Crippen LogP contribution in [0.1, 0.15) is 28.9 Å². The summed E-state index contributed by atoms with van der Waals surface area (Å²) in [4.78, 5) is 34.1. The summed E-state index contributed by atoms with van der Waals surface area (Å²) in [6.07, 6.45) is 2.26. The van der Waals surface area contributed by atoms with Gasteiger partial charge < -0.3 is 9.32 Å². The lowest BCUT2D eigenvalue weighted by Crippen LogP contribution is -2.34. The van der Waals surface area contributed by atoms with Gasteiger partial charge in [-0.3, -0.25) is 14.5 Å². The number of hydrogen-bond donors (Lipinski definition) is 0. The van der Waals surface area contributed by atoms with Gasteiger partial charge in [0, 0.05) is 36.8 Å². The van der Waals surface area contributed by atoms with E-state index >= 15 is 0 Å². The maximum atomic E-state index is 13.2. The molecule has 3 aromatic heterocycles. The van der Waals surface area contributed by atoms with Crippen molar-refractivity contribution in [2.45, 2.75) is 19.3 Å². The summed E-state index contributed by atoms with van der Waals surface area (Å²) < 4.78 is 5.94. The number of amides is 2. The van der Waals surface area contributed by atoms with Crippen LogP contribution in [0.2, 0.25) is 0 Å². The van der Waals surface area contributed by atoms with Gasteiger partial charge in [-0.05, 0) is 36.4 Å². The first-order chi connectivity index (χ1) is 15.2. The molecule has 0 spiro atoms. The molecule has 1 aliphatic heterocycles. The Kier molecular flexibility index (Phi) is 5.57. The van der Waals surface area contributed by atoms with E-state index in [0.717, 1.165) is 29.6 Å². The van der Waals surface area contributed by atoms with E-state index in [1.54, 1.807) is 4.90 Å². The number of thiazole rings is 1. The average Bonchev–Trinajstić information content (AvgIpc) is 3.58. The number of thiophene rings is 1. The van der Waals surface area contributed by atoms with Gasteiger partial charge in [0.2, 0.25) is 5.91 Å². The number of carbonyl (C=O) groups is 2. The number of hydrogen-bond acceptors (Lipinski definition) is 6. The molecule has 1 aromatic carbocycles. The minimum atomic E-state index is -0.0618. The van der Waals surface area contributed by atoms with Gasteiger partial charge in [-0.25, -0.2) is 4.98 Å². The third-order valence-electron chi connectivity index (χ3n) is 5.36. The van der Waals surface area contributed by atoms with Crippen LogP contribution in [0, 0.1) is 0 Å². The van der Waals surface area contributed by atoms with Crippen LogP contribution in [0.5, 0.6) is 0 Å². The van der Waals surface area contributed by atoms with Crippen LogP contribution in [0.3, 0.4) is 0 Å². The minimum Gasteiger partial charge on any atom is -0.454 e. The molecule has 0 N–H and O–H groups in total. The second kappa shape index (κ2) is 8.64. The summed E-state index contributed by atoms with van der Waals surface area (Å²) in [6.45, 7) is 1.98. The van der Waals surface area contributed by atoms with Crippen molar-refractivity contribution in [2.24, 2.45) is 0 Å². The van der Waals surface area contributed by atoms with Gasteiger partial charge in [0.25, 0.3) is 5.91 Å². The molecule has 4 aromatic rings. The van der Waals surface area contributed by atoms with Crippen LogP contribution in [0.25, 0.3) is 22.4 Å². The summed E-state index contributed by atoms with van der Waals surface area (Å²) in [5, 5.41) is 5.48. The molecular weight excluding hydrogens is 430 g/mol. The zero-order valence-electron chi connectivity index (χ0n) is 16.8. The zero-order chi connectivity index (χ0) is 21.2. The first-order valence-electron chi connectivity index (χ1n) is 10.3. The Hall–Kier alpha value is -2.97. The van der Waals surface area contributed by atoms with E-state index in [4.69, 9.17) is 9.40 Å².